The van der Waals surface area contributed by atoms with Crippen molar-refractivity contribution in [3.63, 3.8) is 0 Å². The Morgan fingerprint density at radius 3 is 2.71 bits per heavy atom. The predicted molar refractivity (Wildman–Crippen MR) is 114 cm³/mol. The van der Waals surface area contributed by atoms with Crippen molar-refractivity contribution in [2.24, 2.45) is 0 Å². The van der Waals surface area contributed by atoms with E-state index >= 15 is 0 Å². The van der Waals surface area contributed by atoms with Crippen LogP contribution in [0.15, 0.2) is 71.7 Å². The molecule has 0 saturated carbocycles. The smallest absolute Gasteiger partial charge is 0.229 e. The fourth-order valence-electron chi connectivity index (χ4n) is 3.45. The van der Waals surface area contributed by atoms with E-state index < -0.39 is 11.6 Å². The SMILES string of the molecule is Cc1c(Oc2nc3ccccc3cc2-c2cc(=O)c3ncccc3[nH]2)ccc(F)c1F. The van der Waals surface area contributed by atoms with Gasteiger partial charge in [-0.3, -0.25) is 9.78 Å². The maximum atomic E-state index is 14.1. The molecule has 0 radical (unpaired) electrons. The number of aromatic amines is 1. The molecule has 5 nitrogen and oxygen atoms in total. The van der Waals surface area contributed by atoms with E-state index in [0.29, 0.717) is 27.8 Å². The molecule has 3 heterocycles. The summed E-state index contributed by atoms with van der Waals surface area (Å²) in [5.41, 5.74) is 2.28. The molecule has 0 atom stereocenters. The summed E-state index contributed by atoms with van der Waals surface area (Å²) in [6, 6.07) is 16.5. The largest absolute Gasteiger partial charge is 0.438 e. The van der Waals surface area contributed by atoms with Gasteiger partial charge in [0, 0.05) is 23.2 Å². The molecule has 0 fully saturated rings. The Morgan fingerprint density at radius 1 is 1.00 bits per heavy atom. The summed E-state index contributed by atoms with van der Waals surface area (Å²) in [5.74, 6) is -1.65. The van der Waals surface area contributed by atoms with Crippen LogP contribution in [0.1, 0.15) is 5.56 Å². The monoisotopic (exact) mass is 415 g/mol. The van der Waals surface area contributed by atoms with Crippen LogP contribution >= 0.6 is 0 Å². The van der Waals surface area contributed by atoms with E-state index in [1.165, 1.54) is 19.1 Å². The number of H-pyrrole nitrogens is 1. The molecule has 3 aromatic heterocycles. The minimum absolute atomic E-state index is 0.0251. The van der Waals surface area contributed by atoms with Gasteiger partial charge < -0.3 is 9.72 Å². The van der Waals surface area contributed by atoms with Crippen LogP contribution < -0.4 is 10.2 Å². The quantitative estimate of drug-likeness (QED) is 0.421. The highest BCUT2D eigenvalue weighted by Crippen LogP contribution is 2.35. The van der Waals surface area contributed by atoms with Crippen LogP contribution in [0.2, 0.25) is 0 Å². The first-order chi connectivity index (χ1) is 15.0. The van der Waals surface area contributed by atoms with Crippen LogP contribution in [-0.4, -0.2) is 15.0 Å². The van der Waals surface area contributed by atoms with Crippen molar-refractivity contribution in [2.45, 2.75) is 6.92 Å². The molecule has 0 spiro atoms. The lowest BCUT2D eigenvalue weighted by Gasteiger charge is -2.14. The number of ether oxygens (including phenoxy) is 1. The second-order valence-corrected chi connectivity index (χ2v) is 7.07. The number of nitrogens with one attached hydrogen (secondary N) is 1. The first-order valence-electron chi connectivity index (χ1n) is 9.52. The molecule has 7 heteroatoms. The lowest BCUT2D eigenvalue weighted by molar-refractivity contribution is 0.444. The van der Waals surface area contributed by atoms with Gasteiger partial charge in [-0.15, -0.1) is 0 Å². The van der Waals surface area contributed by atoms with Crippen LogP contribution in [0.3, 0.4) is 0 Å². The summed E-state index contributed by atoms with van der Waals surface area (Å²) in [6.07, 6.45) is 1.55. The number of hydrogen-bond acceptors (Lipinski definition) is 4. The van der Waals surface area contributed by atoms with Crippen molar-refractivity contribution in [1.29, 1.82) is 0 Å². The Kier molecular flexibility index (Phi) is 4.43. The molecular weight excluding hydrogens is 400 g/mol. The second kappa shape index (κ2) is 7.28. The first-order valence-corrected chi connectivity index (χ1v) is 9.52. The number of halogens is 2. The minimum Gasteiger partial charge on any atom is -0.438 e. The van der Waals surface area contributed by atoms with Gasteiger partial charge in [0.25, 0.3) is 0 Å². The summed E-state index contributed by atoms with van der Waals surface area (Å²) in [6.45, 7) is 1.43. The number of para-hydroxylation sites is 1. The van der Waals surface area contributed by atoms with Gasteiger partial charge in [-0.1, -0.05) is 18.2 Å². The molecule has 0 aliphatic heterocycles. The summed E-state index contributed by atoms with van der Waals surface area (Å²) >= 11 is 0. The number of aromatic nitrogens is 3. The molecule has 31 heavy (non-hydrogen) atoms. The standard InChI is InChI=1S/C24H15F2N3O2/c1-13-21(9-8-16(25)22(13)26)31-24-15(11-14-5-2-3-6-17(14)29-24)19-12-20(30)23-18(28-19)7-4-10-27-23/h2-12H,1H3,(H,28,30). The van der Waals surface area contributed by atoms with Crippen molar-refractivity contribution < 1.29 is 13.5 Å². The van der Waals surface area contributed by atoms with E-state index in [-0.39, 0.29) is 22.6 Å². The molecule has 152 valence electrons. The average Bonchev–Trinajstić information content (AvgIpc) is 2.79. The van der Waals surface area contributed by atoms with E-state index in [2.05, 4.69) is 15.0 Å². The first kappa shape index (κ1) is 18.9. The minimum atomic E-state index is -0.981. The molecule has 0 unspecified atom stereocenters. The van der Waals surface area contributed by atoms with E-state index in [1.54, 1.807) is 18.3 Å². The van der Waals surface area contributed by atoms with Gasteiger partial charge in [-0.2, -0.15) is 0 Å². The van der Waals surface area contributed by atoms with Crippen LogP contribution in [0, 0.1) is 18.6 Å². The number of benzene rings is 2. The van der Waals surface area contributed by atoms with Gasteiger partial charge in [0.2, 0.25) is 11.3 Å². The third-order valence-corrected chi connectivity index (χ3v) is 5.06. The Balaban J connectivity index is 1.74. The Labute approximate surface area is 175 Å². The highest BCUT2D eigenvalue weighted by Gasteiger charge is 2.17. The normalized spacial score (nSPS) is 11.2. The van der Waals surface area contributed by atoms with E-state index in [9.17, 15) is 13.6 Å². The second-order valence-electron chi connectivity index (χ2n) is 7.07. The molecule has 5 aromatic rings. The Morgan fingerprint density at radius 2 is 1.84 bits per heavy atom. The highest BCUT2D eigenvalue weighted by molar-refractivity contribution is 5.87. The van der Waals surface area contributed by atoms with Crippen LogP contribution in [-0.2, 0) is 0 Å². The van der Waals surface area contributed by atoms with E-state index in [0.717, 1.165) is 11.5 Å². The lowest BCUT2D eigenvalue weighted by Crippen LogP contribution is -2.05. The molecule has 0 aliphatic carbocycles. The summed E-state index contributed by atoms with van der Waals surface area (Å²) in [4.78, 5) is 24.5. The van der Waals surface area contributed by atoms with Gasteiger partial charge in [0.1, 0.15) is 11.3 Å². The zero-order valence-electron chi connectivity index (χ0n) is 16.3. The molecule has 1 N–H and O–H groups in total. The van der Waals surface area contributed by atoms with Gasteiger partial charge in [0.15, 0.2) is 11.6 Å². The van der Waals surface area contributed by atoms with Crippen molar-refractivity contribution in [3.8, 4) is 22.9 Å². The molecule has 0 bridgehead atoms. The molecule has 0 saturated heterocycles. The third kappa shape index (κ3) is 3.30. The van der Waals surface area contributed by atoms with Gasteiger partial charge in [-0.25, -0.2) is 13.8 Å². The molecule has 2 aromatic carbocycles. The van der Waals surface area contributed by atoms with Crippen molar-refractivity contribution in [1.82, 2.24) is 15.0 Å². The lowest BCUT2D eigenvalue weighted by atomic mass is 10.1. The van der Waals surface area contributed by atoms with Gasteiger partial charge >= 0.3 is 0 Å². The van der Waals surface area contributed by atoms with Gasteiger partial charge in [-0.05, 0) is 43.3 Å². The Hall–Kier alpha value is -4.13. The number of nitrogens with zero attached hydrogens (tertiary/aromatic N) is 2. The van der Waals surface area contributed by atoms with Crippen LogP contribution in [0.5, 0.6) is 11.6 Å². The molecule has 0 amide bonds. The topological polar surface area (TPSA) is 67.9 Å². The fourth-order valence-corrected chi connectivity index (χ4v) is 3.45. The van der Waals surface area contributed by atoms with E-state index in [1.807, 2.05) is 30.3 Å². The zero-order valence-corrected chi connectivity index (χ0v) is 16.3. The van der Waals surface area contributed by atoms with Crippen LogP contribution in [0.4, 0.5) is 8.78 Å². The average molecular weight is 415 g/mol. The maximum absolute atomic E-state index is 14.1. The molecule has 0 aliphatic rings. The maximum Gasteiger partial charge on any atom is 0.229 e. The Bertz CT molecular complexity index is 1530. The number of hydrogen-bond donors (Lipinski definition) is 1. The highest BCUT2D eigenvalue weighted by atomic mass is 19.2. The third-order valence-electron chi connectivity index (χ3n) is 5.06. The molecule has 5 rings (SSSR count). The predicted octanol–water partition coefficient (Wildman–Crippen LogP) is 5.52. The van der Waals surface area contributed by atoms with Crippen molar-refractivity contribution >= 4 is 21.9 Å². The summed E-state index contributed by atoms with van der Waals surface area (Å²) in [7, 11) is 0. The van der Waals surface area contributed by atoms with Crippen molar-refractivity contribution in [2.75, 3.05) is 0 Å². The van der Waals surface area contributed by atoms with Crippen LogP contribution in [0.25, 0.3) is 33.2 Å². The fraction of sp³-hybridized carbons (Fsp3) is 0.0417. The van der Waals surface area contributed by atoms with Crippen molar-refractivity contribution in [3.05, 3.63) is 94.3 Å². The zero-order chi connectivity index (χ0) is 21.5. The molecular formula is C24H15F2N3O2. The van der Waals surface area contributed by atoms with E-state index in [4.69, 9.17) is 4.74 Å². The number of rotatable bonds is 3. The number of pyridine rings is 3. The summed E-state index contributed by atoms with van der Waals surface area (Å²) in [5, 5.41) is 0.832. The summed E-state index contributed by atoms with van der Waals surface area (Å²) < 4.78 is 33.6. The van der Waals surface area contributed by atoms with Gasteiger partial charge in [0.05, 0.1) is 22.3 Å². The number of fused-ring (bicyclic) bond motifs is 2.